The van der Waals surface area contributed by atoms with E-state index in [2.05, 4.69) is 20.7 Å². The van der Waals surface area contributed by atoms with E-state index in [1.807, 2.05) is 24.3 Å². The van der Waals surface area contributed by atoms with Crippen molar-refractivity contribution >= 4 is 22.0 Å². The number of carbonyl (C=O) groups is 1. The summed E-state index contributed by atoms with van der Waals surface area (Å²) < 4.78 is 5.64. The van der Waals surface area contributed by atoms with E-state index in [1.54, 1.807) is 0 Å². The van der Waals surface area contributed by atoms with Crippen molar-refractivity contribution in [3.8, 4) is 0 Å². The van der Waals surface area contributed by atoms with E-state index in [4.69, 9.17) is 5.73 Å². The van der Waals surface area contributed by atoms with Crippen molar-refractivity contribution in [2.24, 2.45) is 5.73 Å². The number of benzene rings is 1. The summed E-state index contributed by atoms with van der Waals surface area (Å²) in [5, 5.41) is 0. The molecule has 1 aromatic rings. The first-order chi connectivity index (χ1) is 6.18. The van der Waals surface area contributed by atoms with Gasteiger partial charge in [0.05, 0.1) is 6.61 Å². The molecule has 0 heterocycles. The molecule has 0 aliphatic rings. The van der Waals surface area contributed by atoms with Gasteiger partial charge in [-0.15, -0.1) is 0 Å². The van der Waals surface area contributed by atoms with Crippen molar-refractivity contribution in [1.29, 1.82) is 0 Å². The highest BCUT2D eigenvalue weighted by atomic mass is 79.9. The van der Waals surface area contributed by atoms with Crippen LogP contribution in [0.2, 0.25) is 0 Å². The molecule has 0 saturated heterocycles. The minimum Gasteiger partial charge on any atom is -0.449 e. The lowest BCUT2D eigenvalue weighted by atomic mass is 10.2. The zero-order chi connectivity index (χ0) is 9.68. The molecular weight excluding hydrogens is 234 g/mol. The first-order valence-electron chi connectivity index (χ1n) is 3.85. The maximum absolute atomic E-state index is 10.2. The van der Waals surface area contributed by atoms with Crippen LogP contribution in [0.15, 0.2) is 28.7 Å². The first-order valence-corrected chi connectivity index (χ1v) is 4.64. The summed E-state index contributed by atoms with van der Waals surface area (Å²) in [5.41, 5.74) is 5.93. The van der Waals surface area contributed by atoms with Gasteiger partial charge in [0, 0.05) is 10.9 Å². The predicted octanol–water partition coefficient (Wildman–Crippen LogP) is 2.09. The van der Waals surface area contributed by atoms with Crippen LogP contribution in [0.4, 0.5) is 4.79 Å². The maximum Gasteiger partial charge on any atom is 0.404 e. The van der Waals surface area contributed by atoms with Crippen molar-refractivity contribution in [2.75, 3.05) is 6.61 Å². The minimum atomic E-state index is -0.725. The van der Waals surface area contributed by atoms with Crippen LogP contribution in [0.1, 0.15) is 5.56 Å². The number of carbonyl (C=O) groups excluding carboxylic acids is 1. The Balaban J connectivity index is 2.37. The van der Waals surface area contributed by atoms with Crippen molar-refractivity contribution in [3.05, 3.63) is 34.3 Å². The van der Waals surface area contributed by atoms with Crippen molar-refractivity contribution < 1.29 is 9.53 Å². The minimum absolute atomic E-state index is 0.330. The number of halogens is 1. The molecule has 1 amide bonds. The highest BCUT2D eigenvalue weighted by Gasteiger charge is 1.95. The second kappa shape index (κ2) is 4.87. The topological polar surface area (TPSA) is 52.3 Å². The van der Waals surface area contributed by atoms with E-state index in [0.717, 1.165) is 10.0 Å². The molecule has 13 heavy (non-hydrogen) atoms. The standard InChI is InChI=1S/C9H10BrNO2/c10-8-3-1-7(2-4-8)5-6-13-9(11)12/h1-4H,5-6H2,(H2,11,12). The molecule has 0 fully saturated rings. The van der Waals surface area contributed by atoms with Crippen LogP contribution < -0.4 is 5.73 Å². The van der Waals surface area contributed by atoms with E-state index in [-0.39, 0.29) is 0 Å². The molecule has 70 valence electrons. The fourth-order valence-corrected chi connectivity index (χ4v) is 1.18. The molecule has 0 aliphatic heterocycles. The van der Waals surface area contributed by atoms with Gasteiger partial charge in [0.1, 0.15) is 0 Å². The van der Waals surface area contributed by atoms with Gasteiger partial charge in [0.15, 0.2) is 0 Å². The van der Waals surface area contributed by atoms with Gasteiger partial charge in [-0.3, -0.25) is 0 Å². The third kappa shape index (κ3) is 3.94. The van der Waals surface area contributed by atoms with Gasteiger partial charge in [0.2, 0.25) is 0 Å². The molecule has 0 bridgehead atoms. The summed E-state index contributed by atoms with van der Waals surface area (Å²) in [6.07, 6.45) is -0.0342. The molecule has 0 unspecified atom stereocenters. The molecule has 0 saturated carbocycles. The predicted molar refractivity (Wildman–Crippen MR) is 53.4 cm³/mol. The van der Waals surface area contributed by atoms with Crippen molar-refractivity contribution in [2.45, 2.75) is 6.42 Å². The summed E-state index contributed by atoms with van der Waals surface area (Å²) in [4.78, 5) is 10.2. The average Bonchev–Trinajstić information content (AvgIpc) is 2.08. The summed E-state index contributed by atoms with van der Waals surface area (Å²) >= 11 is 3.33. The van der Waals surface area contributed by atoms with E-state index in [9.17, 15) is 4.79 Å². The van der Waals surface area contributed by atoms with Gasteiger partial charge in [-0.25, -0.2) is 4.79 Å². The number of hydrogen-bond acceptors (Lipinski definition) is 2. The van der Waals surface area contributed by atoms with Crippen LogP contribution in [0, 0.1) is 0 Å². The molecular formula is C9H10BrNO2. The highest BCUT2D eigenvalue weighted by molar-refractivity contribution is 9.10. The lowest BCUT2D eigenvalue weighted by molar-refractivity contribution is 0.158. The van der Waals surface area contributed by atoms with Crippen LogP contribution >= 0.6 is 15.9 Å². The molecule has 0 radical (unpaired) electrons. The second-order valence-corrected chi connectivity index (χ2v) is 3.46. The quantitative estimate of drug-likeness (QED) is 0.884. The van der Waals surface area contributed by atoms with E-state index in [1.165, 1.54) is 0 Å². The van der Waals surface area contributed by atoms with Gasteiger partial charge >= 0.3 is 6.09 Å². The molecule has 3 nitrogen and oxygen atoms in total. The zero-order valence-corrected chi connectivity index (χ0v) is 8.58. The largest absolute Gasteiger partial charge is 0.449 e. The Kier molecular flexibility index (Phi) is 3.76. The Hall–Kier alpha value is -1.03. The van der Waals surface area contributed by atoms with Crippen LogP contribution in [-0.2, 0) is 11.2 Å². The molecule has 0 spiro atoms. The molecule has 0 aliphatic carbocycles. The van der Waals surface area contributed by atoms with E-state index < -0.39 is 6.09 Å². The van der Waals surface area contributed by atoms with Gasteiger partial charge in [-0.05, 0) is 17.7 Å². The number of hydrogen-bond donors (Lipinski definition) is 1. The van der Waals surface area contributed by atoms with Crippen molar-refractivity contribution in [3.63, 3.8) is 0 Å². The van der Waals surface area contributed by atoms with Crippen LogP contribution in [0.3, 0.4) is 0 Å². The first kappa shape index (κ1) is 10.1. The normalized spacial score (nSPS) is 9.62. The zero-order valence-electron chi connectivity index (χ0n) is 7.00. The van der Waals surface area contributed by atoms with Crippen LogP contribution in [0.25, 0.3) is 0 Å². The van der Waals surface area contributed by atoms with Crippen LogP contribution in [-0.4, -0.2) is 12.7 Å². The van der Waals surface area contributed by atoms with Gasteiger partial charge < -0.3 is 10.5 Å². The molecule has 2 N–H and O–H groups in total. The third-order valence-electron chi connectivity index (χ3n) is 1.55. The molecule has 0 aromatic heterocycles. The van der Waals surface area contributed by atoms with Gasteiger partial charge in [0.25, 0.3) is 0 Å². The highest BCUT2D eigenvalue weighted by Crippen LogP contribution is 2.10. The SMILES string of the molecule is NC(=O)OCCc1ccc(Br)cc1. The smallest absolute Gasteiger partial charge is 0.404 e. The Morgan fingerprint density at radius 2 is 2.00 bits per heavy atom. The average molecular weight is 244 g/mol. The molecule has 4 heteroatoms. The number of nitrogens with two attached hydrogens (primary N) is 1. The summed E-state index contributed by atoms with van der Waals surface area (Å²) in [7, 11) is 0. The number of amides is 1. The molecule has 1 rings (SSSR count). The lowest BCUT2D eigenvalue weighted by Gasteiger charge is -2.01. The monoisotopic (exact) mass is 243 g/mol. The van der Waals surface area contributed by atoms with Crippen LogP contribution in [0.5, 0.6) is 0 Å². The van der Waals surface area contributed by atoms with E-state index >= 15 is 0 Å². The number of rotatable bonds is 3. The number of ether oxygens (including phenoxy) is 1. The fourth-order valence-electron chi connectivity index (χ4n) is 0.921. The molecule has 0 atom stereocenters. The number of primary amides is 1. The van der Waals surface area contributed by atoms with Gasteiger partial charge in [-0.1, -0.05) is 28.1 Å². The Morgan fingerprint density at radius 1 is 1.38 bits per heavy atom. The second-order valence-electron chi connectivity index (χ2n) is 2.54. The summed E-state index contributed by atoms with van der Waals surface area (Å²) in [6, 6.07) is 7.82. The van der Waals surface area contributed by atoms with E-state index in [0.29, 0.717) is 13.0 Å². The van der Waals surface area contributed by atoms with Crippen molar-refractivity contribution in [1.82, 2.24) is 0 Å². The maximum atomic E-state index is 10.2. The summed E-state index contributed by atoms with van der Waals surface area (Å²) in [5.74, 6) is 0. The summed E-state index contributed by atoms with van der Waals surface area (Å²) in [6.45, 7) is 0.330. The third-order valence-corrected chi connectivity index (χ3v) is 2.08. The molecule has 1 aromatic carbocycles. The van der Waals surface area contributed by atoms with Gasteiger partial charge in [-0.2, -0.15) is 0 Å². The fraction of sp³-hybridized carbons (Fsp3) is 0.222. The Bertz CT molecular complexity index is 284. The lowest BCUT2D eigenvalue weighted by Crippen LogP contribution is -2.14. The Morgan fingerprint density at radius 3 is 2.54 bits per heavy atom. The Labute approximate surface area is 85.0 Å².